The summed E-state index contributed by atoms with van der Waals surface area (Å²) in [4.78, 5) is 8.20. The molecule has 7 nitrogen and oxygen atoms in total. The Bertz CT molecular complexity index is 633. The molecule has 1 aliphatic rings. The number of nitrogens with one attached hydrogen (secondary N) is 1. The number of nitrogens with two attached hydrogens (primary N) is 1. The zero-order valence-electron chi connectivity index (χ0n) is 10.9. The lowest BCUT2D eigenvalue weighted by atomic mass is 10.2. The SMILES string of the molecule is CCc1c(NN)ncnc1Oc1ccc2c(c1)OCO2. The summed E-state index contributed by atoms with van der Waals surface area (Å²) >= 11 is 0. The Labute approximate surface area is 115 Å². The van der Waals surface area contributed by atoms with E-state index in [1.807, 2.05) is 6.92 Å². The lowest BCUT2D eigenvalue weighted by Crippen LogP contribution is -2.12. The molecule has 3 rings (SSSR count). The topological polar surface area (TPSA) is 91.5 Å². The van der Waals surface area contributed by atoms with Crippen LogP contribution in [0.15, 0.2) is 24.5 Å². The number of ether oxygens (including phenoxy) is 3. The Morgan fingerprint density at radius 3 is 2.95 bits per heavy atom. The highest BCUT2D eigenvalue weighted by atomic mass is 16.7. The Kier molecular flexibility index (Phi) is 3.26. The molecule has 20 heavy (non-hydrogen) atoms. The third-order valence-corrected chi connectivity index (χ3v) is 2.95. The van der Waals surface area contributed by atoms with Crippen LogP contribution in [0.4, 0.5) is 5.82 Å². The van der Waals surface area contributed by atoms with E-state index in [-0.39, 0.29) is 6.79 Å². The number of hydrogen-bond acceptors (Lipinski definition) is 7. The first kappa shape index (κ1) is 12.5. The molecule has 2 aromatic rings. The summed E-state index contributed by atoms with van der Waals surface area (Å²) in [5.41, 5.74) is 3.35. The largest absolute Gasteiger partial charge is 0.454 e. The van der Waals surface area contributed by atoms with Crippen molar-refractivity contribution >= 4 is 5.82 Å². The lowest BCUT2D eigenvalue weighted by molar-refractivity contribution is 0.174. The first-order chi connectivity index (χ1) is 9.81. The highest BCUT2D eigenvalue weighted by Crippen LogP contribution is 2.37. The van der Waals surface area contributed by atoms with Crippen LogP contribution >= 0.6 is 0 Å². The van der Waals surface area contributed by atoms with Gasteiger partial charge in [0, 0.05) is 6.07 Å². The Morgan fingerprint density at radius 2 is 2.15 bits per heavy atom. The molecule has 0 saturated carbocycles. The first-order valence-corrected chi connectivity index (χ1v) is 6.19. The highest BCUT2D eigenvalue weighted by Gasteiger charge is 2.16. The summed E-state index contributed by atoms with van der Waals surface area (Å²) < 4.78 is 16.4. The van der Waals surface area contributed by atoms with Crippen molar-refractivity contribution in [1.82, 2.24) is 9.97 Å². The van der Waals surface area contributed by atoms with Crippen LogP contribution in [0.5, 0.6) is 23.1 Å². The number of anilines is 1. The minimum atomic E-state index is 0.230. The maximum absolute atomic E-state index is 5.79. The first-order valence-electron chi connectivity index (χ1n) is 6.19. The molecule has 0 saturated heterocycles. The van der Waals surface area contributed by atoms with Gasteiger partial charge in [-0.3, -0.25) is 0 Å². The molecule has 0 fully saturated rings. The Morgan fingerprint density at radius 1 is 1.30 bits per heavy atom. The van der Waals surface area contributed by atoms with Crippen molar-refractivity contribution < 1.29 is 14.2 Å². The van der Waals surface area contributed by atoms with Crippen molar-refractivity contribution in [2.75, 3.05) is 12.2 Å². The van der Waals surface area contributed by atoms with Crippen molar-refractivity contribution in [2.24, 2.45) is 5.84 Å². The van der Waals surface area contributed by atoms with Gasteiger partial charge in [-0.25, -0.2) is 15.8 Å². The number of hydrazine groups is 1. The fourth-order valence-corrected chi connectivity index (χ4v) is 1.98. The second-order valence-electron chi connectivity index (χ2n) is 4.12. The minimum absolute atomic E-state index is 0.230. The molecule has 7 heteroatoms. The second-order valence-corrected chi connectivity index (χ2v) is 4.12. The molecule has 0 aliphatic carbocycles. The summed E-state index contributed by atoms with van der Waals surface area (Å²) in [7, 11) is 0. The molecule has 1 aromatic heterocycles. The van der Waals surface area contributed by atoms with E-state index in [2.05, 4.69) is 15.4 Å². The monoisotopic (exact) mass is 274 g/mol. The molecular weight excluding hydrogens is 260 g/mol. The van der Waals surface area contributed by atoms with Gasteiger partial charge in [0.2, 0.25) is 12.7 Å². The Balaban J connectivity index is 1.91. The van der Waals surface area contributed by atoms with Crippen molar-refractivity contribution in [3.05, 3.63) is 30.1 Å². The molecule has 1 aromatic carbocycles. The van der Waals surface area contributed by atoms with Crippen LogP contribution < -0.4 is 25.5 Å². The minimum Gasteiger partial charge on any atom is -0.454 e. The van der Waals surface area contributed by atoms with Crippen LogP contribution in [0.1, 0.15) is 12.5 Å². The number of rotatable bonds is 4. The second kappa shape index (κ2) is 5.22. The average Bonchev–Trinajstić information content (AvgIpc) is 2.94. The fourth-order valence-electron chi connectivity index (χ4n) is 1.98. The molecule has 0 radical (unpaired) electrons. The number of benzene rings is 1. The molecule has 104 valence electrons. The summed E-state index contributed by atoms with van der Waals surface area (Å²) in [6.07, 6.45) is 2.09. The molecule has 0 bridgehead atoms. The summed E-state index contributed by atoms with van der Waals surface area (Å²) in [5.74, 6) is 8.43. The van der Waals surface area contributed by atoms with E-state index in [1.54, 1.807) is 18.2 Å². The van der Waals surface area contributed by atoms with Crippen LogP contribution in [0.25, 0.3) is 0 Å². The van der Waals surface area contributed by atoms with Crippen LogP contribution in [0.2, 0.25) is 0 Å². The van der Waals surface area contributed by atoms with Gasteiger partial charge in [0.15, 0.2) is 11.5 Å². The van der Waals surface area contributed by atoms with Gasteiger partial charge < -0.3 is 19.6 Å². The van der Waals surface area contributed by atoms with Gasteiger partial charge in [0.25, 0.3) is 0 Å². The van der Waals surface area contributed by atoms with Gasteiger partial charge >= 0.3 is 0 Å². The van der Waals surface area contributed by atoms with Crippen molar-refractivity contribution in [2.45, 2.75) is 13.3 Å². The Hall–Kier alpha value is -2.54. The fraction of sp³-hybridized carbons (Fsp3) is 0.231. The van der Waals surface area contributed by atoms with Gasteiger partial charge in [0.05, 0.1) is 5.56 Å². The third-order valence-electron chi connectivity index (χ3n) is 2.95. The lowest BCUT2D eigenvalue weighted by Gasteiger charge is -2.11. The molecular formula is C13H14N4O3. The predicted octanol–water partition coefficient (Wildman–Crippen LogP) is 1.85. The summed E-state index contributed by atoms with van der Waals surface area (Å²) in [6, 6.07) is 5.36. The number of fused-ring (bicyclic) bond motifs is 1. The summed E-state index contributed by atoms with van der Waals surface area (Å²) in [5, 5.41) is 0. The van der Waals surface area contributed by atoms with Crippen LogP contribution in [0, 0.1) is 0 Å². The van der Waals surface area contributed by atoms with E-state index in [4.69, 9.17) is 20.1 Å². The predicted molar refractivity (Wildman–Crippen MR) is 71.9 cm³/mol. The van der Waals surface area contributed by atoms with E-state index in [0.29, 0.717) is 35.4 Å². The van der Waals surface area contributed by atoms with E-state index >= 15 is 0 Å². The van der Waals surface area contributed by atoms with E-state index in [0.717, 1.165) is 5.56 Å². The maximum Gasteiger partial charge on any atom is 0.231 e. The van der Waals surface area contributed by atoms with Gasteiger partial charge in [-0.15, -0.1) is 0 Å². The van der Waals surface area contributed by atoms with Crippen molar-refractivity contribution in [1.29, 1.82) is 0 Å². The normalized spacial score (nSPS) is 12.3. The molecule has 0 amide bonds. The molecule has 2 heterocycles. The zero-order valence-corrected chi connectivity index (χ0v) is 10.9. The molecule has 0 atom stereocenters. The van der Waals surface area contributed by atoms with E-state index in [9.17, 15) is 0 Å². The maximum atomic E-state index is 5.79. The number of nitrogens with zero attached hydrogens (tertiary/aromatic N) is 2. The average molecular weight is 274 g/mol. The third kappa shape index (κ3) is 2.19. The van der Waals surface area contributed by atoms with E-state index < -0.39 is 0 Å². The number of hydrogen-bond donors (Lipinski definition) is 2. The number of aromatic nitrogens is 2. The van der Waals surface area contributed by atoms with Gasteiger partial charge in [-0.05, 0) is 18.6 Å². The standard InChI is InChI=1S/C13H14N4O3/c1-2-9-12(17-14)15-6-16-13(9)20-8-3-4-10-11(5-8)19-7-18-10/h3-6H,2,7,14H2,1H3,(H,15,16,17). The highest BCUT2D eigenvalue weighted by molar-refractivity contribution is 5.51. The van der Waals surface area contributed by atoms with Crippen LogP contribution in [-0.4, -0.2) is 16.8 Å². The molecule has 0 spiro atoms. The smallest absolute Gasteiger partial charge is 0.231 e. The number of nitrogen functional groups attached to an aromatic ring is 1. The van der Waals surface area contributed by atoms with Gasteiger partial charge in [-0.1, -0.05) is 6.92 Å². The molecule has 0 unspecified atom stereocenters. The molecule has 3 N–H and O–H groups in total. The summed E-state index contributed by atoms with van der Waals surface area (Å²) in [6.45, 7) is 2.21. The van der Waals surface area contributed by atoms with Crippen LogP contribution in [0.3, 0.4) is 0 Å². The van der Waals surface area contributed by atoms with Crippen molar-refractivity contribution in [3.8, 4) is 23.1 Å². The zero-order chi connectivity index (χ0) is 13.9. The van der Waals surface area contributed by atoms with Crippen molar-refractivity contribution in [3.63, 3.8) is 0 Å². The van der Waals surface area contributed by atoms with Gasteiger partial charge in [-0.2, -0.15) is 0 Å². The van der Waals surface area contributed by atoms with Gasteiger partial charge in [0.1, 0.15) is 17.9 Å². The quantitative estimate of drug-likeness (QED) is 0.649. The van der Waals surface area contributed by atoms with Crippen LogP contribution in [-0.2, 0) is 6.42 Å². The molecule has 1 aliphatic heterocycles. The van der Waals surface area contributed by atoms with E-state index in [1.165, 1.54) is 6.33 Å².